The molecule has 1 aliphatic rings. The van der Waals surface area contributed by atoms with E-state index < -0.39 is 5.92 Å². The van der Waals surface area contributed by atoms with Gasteiger partial charge in [0.1, 0.15) is 5.58 Å². The van der Waals surface area contributed by atoms with Crippen molar-refractivity contribution in [1.29, 1.82) is 0 Å². The summed E-state index contributed by atoms with van der Waals surface area (Å²) in [7, 11) is 0. The van der Waals surface area contributed by atoms with Crippen LogP contribution in [0.15, 0.2) is 59.2 Å². The van der Waals surface area contributed by atoms with E-state index in [1.807, 2.05) is 36.4 Å². The van der Waals surface area contributed by atoms with E-state index >= 15 is 0 Å². The minimum atomic E-state index is -2.65. The Kier molecular flexibility index (Phi) is 3.79. The number of rotatable bonds is 2. The Morgan fingerprint density at radius 3 is 2.36 bits per heavy atom. The van der Waals surface area contributed by atoms with Crippen molar-refractivity contribution in [3.8, 4) is 11.1 Å². The molecule has 3 nitrogen and oxygen atoms in total. The van der Waals surface area contributed by atoms with Gasteiger partial charge in [-0.1, -0.05) is 18.2 Å². The second-order valence-electron chi connectivity index (χ2n) is 6.40. The van der Waals surface area contributed by atoms with Crippen molar-refractivity contribution in [3.63, 3.8) is 0 Å². The molecular formula is C20H17F2NO2. The highest BCUT2D eigenvalue weighted by atomic mass is 19.3. The van der Waals surface area contributed by atoms with Gasteiger partial charge in [0.25, 0.3) is 11.8 Å². The highest BCUT2D eigenvalue weighted by molar-refractivity contribution is 5.95. The number of carbonyl (C=O) groups is 1. The van der Waals surface area contributed by atoms with Crippen LogP contribution in [0, 0.1) is 0 Å². The number of hydrogen-bond donors (Lipinski definition) is 0. The summed E-state index contributed by atoms with van der Waals surface area (Å²) in [6.07, 6.45) is 1.13. The number of piperidine rings is 1. The summed E-state index contributed by atoms with van der Waals surface area (Å²) in [6.45, 7) is 0.204. The molecule has 0 aliphatic carbocycles. The lowest BCUT2D eigenvalue weighted by Gasteiger charge is -2.31. The number of hydrogen-bond acceptors (Lipinski definition) is 2. The maximum atomic E-state index is 13.2. The average molecular weight is 341 g/mol. The van der Waals surface area contributed by atoms with E-state index in [-0.39, 0.29) is 31.8 Å². The van der Waals surface area contributed by atoms with Crippen molar-refractivity contribution < 1.29 is 18.0 Å². The van der Waals surface area contributed by atoms with Crippen molar-refractivity contribution in [2.75, 3.05) is 13.1 Å². The lowest BCUT2D eigenvalue weighted by Crippen LogP contribution is -2.42. The fourth-order valence-corrected chi connectivity index (χ4v) is 3.17. The first kappa shape index (κ1) is 15.8. The summed E-state index contributed by atoms with van der Waals surface area (Å²) in [6, 6.07) is 15.1. The highest BCUT2D eigenvalue weighted by Gasteiger charge is 2.35. The molecule has 1 aromatic heterocycles. The van der Waals surface area contributed by atoms with Crippen LogP contribution in [-0.2, 0) is 0 Å². The molecule has 2 aromatic carbocycles. The summed E-state index contributed by atoms with van der Waals surface area (Å²) in [5, 5.41) is 1.02. The molecule has 2 heterocycles. The normalized spacial score (nSPS) is 17.0. The molecule has 0 spiro atoms. The monoisotopic (exact) mass is 341 g/mol. The van der Waals surface area contributed by atoms with Crippen LogP contribution in [0.4, 0.5) is 8.78 Å². The minimum Gasteiger partial charge on any atom is -0.464 e. The molecular weight excluding hydrogens is 324 g/mol. The van der Waals surface area contributed by atoms with Crippen LogP contribution in [0.3, 0.4) is 0 Å². The van der Waals surface area contributed by atoms with Gasteiger partial charge < -0.3 is 9.32 Å². The zero-order chi connectivity index (χ0) is 17.4. The largest absolute Gasteiger partial charge is 0.464 e. The maximum absolute atomic E-state index is 13.2. The maximum Gasteiger partial charge on any atom is 0.253 e. The quantitative estimate of drug-likeness (QED) is 0.659. The van der Waals surface area contributed by atoms with Gasteiger partial charge in [-0.2, -0.15) is 0 Å². The number of carbonyl (C=O) groups excluding carboxylic acids is 1. The molecule has 0 saturated carbocycles. The third kappa shape index (κ3) is 3.14. The Hall–Kier alpha value is -2.69. The number of furan rings is 1. The second-order valence-corrected chi connectivity index (χ2v) is 6.40. The minimum absolute atomic E-state index is 0.102. The predicted molar refractivity (Wildman–Crippen MR) is 91.7 cm³/mol. The summed E-state index contributed by atoms with van der Waals surface area (Å²) >= 11 is 0. The van der Waals surface area contributed by atoms with Crippen LogP contribution in [0.25, 0.3) is 22.1 Å². The van der Waals surface area contributed by atoms with E-state index in [4.69, 9.17) is 4.42 Å². The van der Waals surface area contributed by atoms with Crippen molar-refractivity contribution in [2.45, 2.75) is 18.8 Å². The van der Waals surface area contributed by atoms with E-state index in [0.29, 0.717) is 5.56 Å². The van der Waals surface area contributed by atoms with Gasteiger partial charge in [0.05, 0.1) is 6.26 Å². The number of nitrogens with zero attached hydrogens (tertiary/aromatic N) is 1. The van der Waals surface area contributed by atoms with Crippen molar-refractivity contribution >= 4 is 16.9 Å². The molecule has 4 rings (SSSR count). The van der Waals surface area contributed by atoms with Gasteiger partial charge in [0.2, 0.25) is 0 Å². The fraction of sp³-hybridized carbons (Fsp3) is 0.250. The van der Waals surface area contributed by atoms with Gasteiger partial charge in [-0.05, 0) is 41.5 Å². The third-order valence-electron chi connectivity index (χ3n) is 4.70. The molecule has 1 fully saturated rings. The van der Waals surface area contributed by atoms with Crippen LogP contribution in [0.1, 0.15) is 23.2 Å². The molecule has 25 heavy (non-hydrogen) atoms. The molecule has 1 aliphatic heterocycles. The first-order chi connectivity index (χ1) is 12.0. The molecule has 5 heteroatoms. The van der Waals surface area contributed by atoms with Gasteiger partial charge in [0.15, 0.2) is 0 Å². The van der Waals surface area contributed by atoms with Gasteiger partial charge in [-0.25, -0.2) is 8.78 Å². The Morgan fingerprint density at radius 2 is 1.64 bits per heavy atom. The topological polar surface area (TPSA) is 33.5 Å². The number of amides is 1. The van der Waals surface area contributed by atoms with E-state index in [1.165, 1.54) is 4.90 Å². The van der Waals surface area contributed by atoms with Crippen LogP contribution in [-0.4, -0.2) is 29.8 Å². The van der Waals surface area contributed by atoms with E-state index in [0.717, 1.165) is 22.1 Å². The molecule has 0 unspecified atom stereocenters. The Morgan fingerprint density at radius 1 is 0.960 bits per heavy atom. The highest BCUT2D eigenvalue weighted by Crippen LogP contribution is 2.29. The standard InChI is InChI=1S/C20H17F2NO2/c21-20(22)8-10-23(11-9-20)19(24)15-3-1-14(2-4-15)16-5-6-18-17(13-16)7-12-25-18/h1-7,12-13H,8-11H2. The molecule has 0 radical (unpaired) electrons. The van der Waals surface area contributed by atoms with Crippen molar-refractivity contribution in [2.24, 2.45) is 0 Å². The summed E-state index contributed by atoms with van der Waals surface area (Å²) in [5.74, 6) is -2.83. The first-order valence-electron chi connectivity index (χ1n) is 8.27. The smallest absolute Gasteiger partial charge is 0.253 e. The lowest BCUT2D eigenvalue weighted by atomic mass is 10.0. The number of fused-ring (bicyclic) bond motifs is 1. The lowest BCUT2D eigenvalue weighted by molar-refractivity contribution is -0.0494. The zero-order valence-electron chi connectivity index (χ0n) is 13.5. The Bertz CT molecular complexity index is 905. The van der Waals surface area contributed by atoms with Crippen LogP contribution in [0.5, 0.6) is 0 Å². The molecule has 1 amide bonds. The molecule has 0 N–H and O–H groups in total. The SMILES string of the molecule is O=C(c1ccc(-c2ccc3occc3c2)cc1)N1CCC(F)(F)CC1. The van der Waals surface area contributed by atoms with Crippen molar-refractivity contribution in [1.82, 2.24) is 4.90 Å². The molecule has 1 saturated heterocycles. The Labute approximate surface area is 143 Å². The van der Waals surface area contributed by atoms with E-state index in [9.17, 15) is 13.6 Å². The fourth-order valence-electron chi connectivity index (χ4n) is 3.17. The third-order valence-corrected chi connectivity index (χ3v) is 4.70. The molecule has 128 valence electrons. The van der Waals surface area contributed by atoms with Crippen LogP contribution < -0.4 is 0 Å². The van der Waals surface area contributed by atoms with Crippen LogP contribution in [0.2, 0.25) is 0 Å². The van der Waals surface area contributed by atoms with E-state index in [2.05, 4.69) is 0 Å². The number of likely N-dealkylation sites (tertiary alicyclic amines) is 1. The van der Waals surface area contributed by atoms with Gasteiger partial charge in [0, 0.05) is 36.9 Å². The molecule has 3 aromatic rings. The second kappa shape index (κ2) is 5.99. The Balaban J connectivity index is 1.52. The van der Waals surface area contributed by atoms with Crippen LogP contribution >= 0.6 is 0 Å². The summed E-state index contributed by atoms with van der Waals surface area (Å²) in [4.78, 5) is 14.0. The zero-order valence-corrected chi connectivity index (χ0v) is 13.5. The summed E-state index contributed by atoms with van der Waals surface area (Å²) in [5.41, 5.74) is 3.38. The first-order valence-corrected chi connectivity index (χ1v) is 8.27. The van der Waals surface area contributed by atoms with E-state index in [1.54, 1.807) is 18.4 Å². The molecule has 0 atom stereocenters. The summed E-state index contributed by atoms with van der Waals surface area (Å²) < 4.78 is 31.8. The average Bonchev–Trinajstić information content (AvgIpc) is 3.09. The van der Waals surface area contributed by atoms with Gasteiger partial charge in [-0.3, -0.25) is 4.79 Å². The van der Waals surface area contributed by atoms with Gasteiger partial charge in [-0.15, -0.1) is 0 Å². The predicted octanol–water partition coefficient (Wildman–Crippen LogP) is 4.97. The van der Waals surface area contributed by atoms with Crippen molar-refractivity contribution in [3.05, 3.63) is 60.4 Å². The number of alkyl halides is 2. The van der Waals surface area contributed by atoms with Gasteiger partial charge >= 0.3 is 0 Å². The number of halogens is 2. The number of benzene rings is 2. The molecule has 0 bridgehead atoms.